The Morgan fingerprint density at radius 2 is 1.00 bits per heavy atom. The number of nitrogens with zero attached hydrogens (tertiary/aromatic N) is 1. The third-order valence-electron chi connectivity index (χ3n) is 12.1. The molecular weight excluding hydrogens is 651 g/mol. The fourth-order valence-electron chi connectivity index (χ4n) is 9.31. The minimum Gasteiger partial charge on any atom is -0.310 e. The van der Waals surface area contributed by atoms with Gasteiger partial charge in [-0.15, -0.1) is 0 Å². The van der Waals surface area contributed by atoms with E-state index in [1.807, 2.05) is 0 Å². The highest BCUT2D eigenvalue weighted by atomic mass is 15.1. The molecule has 0 fully saturated rings. The standard InChI is InChI=1S/C53H43N/c1-53(2)51-35-45(32-34-49(51)50-33-27-41-14-7-9-17-48(41)52(50)53)54(44-30-25-42(26-31-44)47-18-10-15-40-13-6-8-16-46(40)47)43-28-23-39(24-29-43)38-21-19-37(20-22-38)36-11-4-3-5-12-36/h3-5,7,9-12,14-15,17-35H,6,8,13,16H2,1-2H3. The van der Waals surface area contributed by atoms with Crippen molar-refractivity contribution in [1.29, 1.82) is 0 Å². The molecule has 0 unspecified atom stereocenters. The van der Waals surface area contributed by atoms with Crippen molar-refractivity contribution in [2.75, 3.05) is 4.90 Å². The third-order valence-corrected chi connectivity index (χ3v) is 12.1. The Labute approximate surface area is 319 Å². The summed E-state index contributed by atoms with van der Waals surface area (Å²) < 4.78 is 0. The molecule has 10 rings (SSSR count). The molecule has 0 amide bonds. The van der Waals surface area contributed by atoms with Gasteiger partial charge in [0.05, 0.1) is 0 Å². The average molecular weight is 694 g/mol. The lowest BCUT2D eigenvalue weighted by molar-refractivity contribution is 0.666. The van der Waals surface area contributed by atoms with Crippen LogP contribution in [0, 0.1) is 0 Å². The molecule has 0 heterocycles. The first-order valence-electron chi connectivity index (χ1n) is 19.5. The zero-order chi connectivity index (χ0) is 36.2. The van der Waals surface area contributed by atoms with Gasteiger partial charge >= 0.3 is 0 Å². The van der Waals surface area contributed by atoms with Gasteiger partial charge in [-0.2, -0.15) is 0 Å². The molecule has 0 spiro atoms. The maximum absolute atomic E-state index is 2.45. The zero-order valence-corrected chi connectivity index (χ0v) is 31.0. The molecule has 54 heavy (non-hydrogen) atoms. The van der Waals surface area contributed by atoms with Gasteiger partial charge in [-0.3, -0.25) is 0 Å². The van der Waals surface area contributed by atoms with Crippen LogP contribution in [0.25, 0.3) is 55.3 Å². The normalized spacial score (nSPS) is 14.0. The topological polar surface area (TPSA) is 3.24 Å². The molecule has 260 valence electrons. The number of rotatable bonds is 6. The monoisotopic (exact) mass is 693 g/mol. The summed E-state index contributed by atoms with van der Waals surface area (Å²) in [6.45, 7) is 4.79. The van der Waals surface area contributed by atoms with Crippen molar-refractivity contribution in [1.82, 2.24) is 0 Å². The zero-order valence-electron chi connectivity index (χ0n) is 31.0. The quantitative estimate of drug-likeness (QED) is 0.168. The summed E-state index contributed by atoms with van der Waals surface area (Å²) in [5.41, 5.74) is 19.5. The lowest BCUT2D eigenvalue weighted by Gasteiger charge is -2.29. The Balaban J connectivity index is 1.05. The largest absolute Gasteiger partial charge is 0.310 e. The lowest BCUT2D eigenvalue weighted by atomic mass is 9.80. The number of benzene rings is 8. The molecule has 0 aliphatic heterocycles. The lowest BCUT2D eigenvalue weighted by Crippen LogP contribution is -2.17. The van der Waals surface area contributed by atoms with Crippen LogP contribution in [0.3, 0.4) is 0 Å². The highest BCUT2D eigenvalue weighted by Gasteiger charge is 2.37. The van der Waals surface area contributed by atoms with E-state index in [0.29, 0.717) is 0 Å². The molecule has 2 aliphatic carbocycles. The fraction of sp³-hybridized carbons (Fsp3) is 0.132. The van der Waals surface area contributed by atoms with E-state index in [-0.39, 0.29) is 5.41 Å². The Morgan fingerprint density at radius 3 is 1.72 bits per heavy atom. The SMILES string of the molecule is CC1(C)c2cc(N(c3ccc(-c4ccc(-c5ccccc5)cc4)cc3)c3ccc(-c4cccc5c4CCCC5)cc3)ccc2-c2ccc3ccccc3c21. The van der Waals surface area contributed by atoms with Crippen molar-refractivity contribution >= 4 is 27.8 Å². The van der Waals surface area contributed by atoms with Gasteiger partial charge in [-0.05, 0) is 140 Å². The summed E-state index contributed by atoms with van der Waals surface area (Å²) >= 11 is 0. The second-order valence-corrected chi connectivity index (χ2v) is 15.6. The van der Waals surface area contributed by atoms with E-state index in [9.17, 15) is 0 Å². The Hall–Kier alpha value is -6.18. The number of anilines is 3. The number of fused-ring (bicyclic) bond motifs is 6. The smallest absolute Gasteiger partial charge is 0.0465 e. The molecule has 0 radical (unpaired) electrons. The summed E-state index contributed by atoms with van der Waals surface area (Å²) in [5, 5.41) is 2.65. The molecule has 0 saturated carbocycles. The van der Waals surface area contributed by atoms with E-state index in [4.69, 9.17) is 0 Å². The molecule has 2 aliphatic rings. The van der Waals surface area contributed by atoms with Crippen molar-refractivity contribution in [2.24, 2.45) is 0 Å². The third kappa shape index (κ3) is 5.46. The number of aryl methyl sites for hydroxylation is 1. The number of hydrogen-bond acceptors (Lipinski definition) is 1. The van der Waals surface area contributed by atoms with Crippen LogP contribution in [0.2, 0.25) is 0 Å². The average Bonchev–Trinajstić information content (AvgIpc) is 3.47. The van der Waals surface area contributed by atoms with E-state index in [0.717, 1.165) is 11.4 Å². The van der Waals surface area contributed by atoms with Gasteiger partial charge in [0.1, 0.15) is 0 Å². The predicted octanol–water partition coefficient (Wildman–Crippen LogP) is 14.5. The van der Waals surface area contributed by atoms with E-state index in [1.165, 1.54) is 109 Å². The van der Waals surface area contributed by atoms with Gasteiger partial charge in [0, 0.05) is 22.5 Å². The number of hydrogen-bond donors (Lipinski definition) is 0. The van der Waals surface area contributed by atoms with Crippen LogP contribution < -0.4 is 4.90 Å². The molecule has 0 atom stereocenters. The summed E-state index contributed by atoms with van der Waals surface area (Å²) in [6.07, 6.45) is 4.93. The molecule has 1 nitrogen and oxygen atoms in total. The van der Waals surface area contributed by atoms with Gasteiger partial charge in [0.15, 0.2) is 0 Å². The molecule has 0 saturated heterocycles. The van der Waals surface area contributed by atoms with Gasteiger partial charge in [-0.1, -0.05) is 153 Å². The van der Waals surface area contributed by atoms with Crippen molar-refractivity contribution < 1.29 is 0 Å². The van der Waals surface area contributed by atoms with Crippen LogP contribution in [0.4, 0.5) is 17.1 Å². The second kappa shape index (κ2) is 13.0. The van der Waals surface area contributed by atoms with E-state index < -0.39 is 0 Å². The highest BCUT2D eigenvalue weighted by molar-refractivity contribution is 5.98. The maximum Gasteiger partial charge on any atom is 0.0465 e. The highest BCUT2D eigenvalue weighted by Crippen LogP contribution is 2.53. The van der Waals surface area contributed by atoms with Crippen LogP contribution in [-0.2, 0) is 18.3 Å². The molecule has 0 aromatic heterocycles. The van der Waals surface area contributed by atoms with Crippen LogP contribution in [0.1, 0.15) is 48.9 Å². The first-order chi connectivity index (χ1) is 26.5. The van der Waals surface area contributed by atoms with Crippen LogP contribution >= 0.6 is 0 Å². The van der Waals surface area contributed by atoms with Crippen LogP contribution in [0.5, 0.6) is 0 Å². The summed E-state index contributed by atoms with van der Waals surface area (Å²) in [6, 6.07) is 65.3. The first-order valence-corrected chi connectivity index (χ1v) is 19.5. The van der Waals surface area contributed by atoms with Crippen molar-refractivity contribution in [2.45, 2.75) is 44.9 Å². The van der Waals surface area contributed by atoms with Crippen molar-refractivity contribution in [3.63, 3.8) is 0 Å². The summed E-state index contributed by atoms with van der Waals surface area (Å²) in [7, 11) is 0. The van der Waals surface area contributed by atoms with Gasteiger partial charge in [0.2, 0.25) is 0 Å². The van der Waals surface area contributed by atoms with Gasteiger partial charge in [-0.25, -0.2) is 0 Å². The van der Waals surface area contributed by atoms with E-state index in [2.05, 4.69) is 195 Å². The molecule has 8 aromatic rings. The maximum atomic E-state index is 2.45. The first kappa shape index (κ1) is 32.5. The Morgan fingerprint density at radius 1 is 0.426 bits per heavy atom. The predicted molar refractivity (Wildman–Crippen MR) is 229 cm³/mol. The summed E-state index contributed by atoms with van der Waals surface area (Å²) in [4.78, 5) is 2.43. The Bertz CT molecular complexity index is 2650. The molecule has 1 heteroatoms. The molecular formula is C53H43N. The minimum absolute atomic E-state index is 0.140. The molecule has 0 N–H and O–H groups in total. The van der Waals surface area contributed by atoms with Crippen LogP contribution in [0.15, 0.2) is 176 Å². The van der Waals surface area contributed by atoms with Crippen molar-refractivity contribution in [3.05, 3.63) is 198 Å². The second-order valence-electron chi connectivity index (χ2n) is 15.6. The molecule has 8 aromatic carbocycles. The molecule has 0 bridgehead atoms. The van der Waals surface area contributed by atoms with E-state index >= 15 is 0 Å². The van der Waals surface area contributed by atoms with E-state index in [1.54, 1.807) is 0 Å². The fourth-order valence-corrected chi connectivity index (χ4v) is 9.31. The van der Waals surface area contributed by atoms with Gasteiger partial charge < -0.3 is 4.90 Å². The minimum atomic E-state index is -0.140. The Kier molecular flexibility index (Phi) is 7.84. The summed E-state index contributed by atoms with van der Waals surface area (Å²) in [5.74, 6) is 0. The van der Waals surface area contributed by atoms with Crippen LogP contribution in [-0.4, -0.2) is 0 Å². The van der Waals surface area contributed by atoms with Crippen molar-refractivity contribution in [3.8, 4) is 44.5 Å². The van der Waals surface area contributed by atoms with Gasteiger partial charge in [0.25, 0.3) is 0 Å².